The van der Waals surface area contributed by atoms with Crippen LogP contribution in [0, 0.1) is 0 Å². The second-order valence-corrected chi connectivity index (χ2v) is 4.08. The van der Waals surface area contributed by atoms with Gasteiger partial charge in [0.15, 0.2) is 0 Å². The van der Waals surface area contributed by atoms with Crippen LogP contribution in [0.1, 0.15) is 10.6 Å². The third-order valence-electron chi connectivity index (χ3n) is 2.17. The summed E-state index contributed by atoms with van der Waals surface area (Å²) in [7, 11) is 1.57. The van der Waals surface area contributed by atoms with Crippen LogP contribution in [0.25, 0.3) is 11.3 Å². The lowest BCUT2D eigenvalue weighted by Crippen LogP contribution is -1.91. The summed E-state index contributed by atoms with van der Waals surface area (Å²) >= 11 is 3.36. The molecule has 1 heterocycles. The highest BCUT2D eigenvalue weighted by Gasteiger charge is 2.14. The molecule has 5 nitrogen and oxygen atoms in total. The fourth-order valence-electron chi connectivity index (χ4n) is 1.33. The van der Waals surface area contributed by atoms with Crippen molar-refractivity contribution in [3.05, 3.63) is 34.5 Å². The third kappa shape index (κ3) is 2.31. The first-order valence-corrected chi connectivity index (χ1v) is 5.45. The fourth-order valence-corrected chi connectivity index (χ4v) is 1.89. The van der Waals surface area contributed by atoms with Crippen molar-refractivity contribution in [3.63, 3.8) is 0 Å². The molecule has 88 valence electrons. The van der Waals surface area contributed by atoms with E-state index in [-0.39, 0.29) is 5.76 Å². The minimum atomic E-state index is -1.15. The molecule has 0 saturated carbocycles. The van der Waals surface area contributed by atoms with Crippen LogP contribution >= 0.6 is 15.9 Å². The molecule has 0 amide bonds. The minimum Gasteiger partial charge on any atom is -0.497 e. The Morgan fingerprint density at radius 1 is 1.47 bits per heavy atom. The van der Waals surface area contributed by atoms with Gasteiger partial charge in [-0.1, -0.05) is 5.16 Å². The first-order valence-electron chi connectivity index (χ1n) is 4.65. The first kappa shape index (κ1) is 11.7. The number of nitrogens with zero attached hydrogens (tertiary/aromatic N) is 1. The summed E-state index contributed by atoms with van der Waals surface area (Å²) in [5.41, 5.74) is 1.19. The van der Waals surface area contributed by atoms with Gasteiger partial charge in [0.05, 0.1) is 7.11 Å². The van der Waals surface area contributed by atoms with Gasteiger partial charge in [-0.15, -0.1) is 0 Å². The summed E-state index contributed by atoms with van der Waals surface area (Å²) in [6.07, 6.45) is 0. The molecule has 0 spiro atoms. The van der Waals surface area contributed by atoms with E-state index in [4.69, 9.17) is 14.4 Å². The minimum absolute atomic E-state index is 0.192. The molecule has 1 N–H and O–H groups in total. The summed E-state index contributed by atoms with van der Waals surface area (Å²) in [5, 5.41) is 12.4. The maximum atomic E-state index is 10.7. The molecular weight excluding hydrogens is 290 g/mol. The number of carbonyl (C=O) groups is 1. The number of carboxylic acid groups (broad SMARTS) is 1. The van der Waals surface area contributed by atoms with Crippen LogP contribution in [0.5, 0.6) is 5.75 Å². The van der Waals surface area contributed by atoms with Gasteiger partial charge in [-0.25, -0.2) is 4.79 Å². The van der Waals surface area contributed by atoms with Gasteiger partial charge in [-0.05, 0) is 34.1 Å². The highest BCUT2D eigenvalue weighted by Crippen LogP contribution is 2.31. The maximum Gasteiger partial charge on any atom is 0.374 e. The molecule has 0 saturated heterocycles. The van der Waals surface area contributed by atoms with E-state index in [0.29, 0.717) is 11.4 Å². The number of aromatic carboxylic acids is 1. The Morgan fingerprint density at radius 3 is 2.76 bits per heavy atom. The molecule has 0 aliphatic rings. The number of rotatable bonds is 3. The van der Waals surface area contributed by atoms with Crippen molar-refractivity contribution in [1.29, 1.82) is 0 Å². The molecule has 0 aliphatic heterocycles. The van der Waals surface area contributed by atoms with Gasteiger partial charge in [0, 0.05) is 16.1 Å². The topological polar surface area (TPSA) is 72.6 Å². The van der Waals surface area contributed by atoms with Crippen LogP contribution in [0.15, 0.2) is 33.3 Å². The van der Waals surface area contributed by atoms with Gasteiger partial charge in [0.2, 0.25) is 5.76 Å². The van der Waals surface area contributed by atoms with E-state index in [2.05, 4.69) is 21.1 Å². The second kappa shape index (κ2) is 4.58. The Hall–Kier alpha value is -1.82. The molecule has 17 heavy (non-hydrogen) atoms. The van der Waals surface area contributed by atoms with Crippen molar-refractivity contribution in [2.75, 3.05) is 7.11 Å². The largest absolute Gasteiger partial charge is 0.497 e. The van der Waals surface area contributed by atoms with Gasteiger partial charge < -0.3 is 14.4 Å². The van der Waals surface area contributed by atoms with Crippen molar-refractivity contribution < 1.29 is 19.2 Å². The van der Waals surface area contributed by atoms with Crippen LogP contribution in [-0.2, 0) is 0 Å². The summed E-state index contributed by atoms with van der Waals surface area (Å²) in [6, 6.07) is 6.67. The third-order valence-corrected chi connectivity index (χ3v) is 2.83. The zero-order valence-corrected chi connectivity index (χ0v) is 10.4. The maximum absolute atomic E-state index is 10.7. The Balaban J connectivity index is 2.42. The summed E-state index contributed by atoms with van der Waals surface area (Å²) in [4.78, 5) is 10.7. The monoisotopic (exact) mass is 297 g/mol. The van der Waals surface area contributed by atoms with Crippen molar-refractivity contribution in [2.24, 2.45) is 0 Å². The van der Waals surface area contributed by atoms with Gasteiger partial charge in [-0.3, -0.25) is 0 Å². The fraction of sp³-hybridized carbons (Fsp3) is 0.0909. The lowest BCUT2D eigenvalue weighted by atomic mass is 10.1. The lowest BCUT2D eigenvalue weighted by Gasteiger charge is -2.03. The molecule has 2 aromatic rings. The SMILES string of the molecule is COc1ccc(-c2cc(C(=O)O)on2)c(Br)c1. The Labute approximate surface area is 105 Å². The average Bonchev–Trinajstić information content (AvgIpc) is 2.78. The van der Waals surface area contributed by atoms with Crippen LogP contribution in [0.2, 0.25) is 0 Å². The van der Waals surface area contributed by atoms with Crippen LogP contribution in [-0.4, -0.2) is 23.3 Å². The molecule has 0 aliphatic carbocycles. The zero-order chi connectivity index (χ0) is 12.4. The number of ether oxygens (including phenoxy) is 1. The first-order chi connectivity index (χ1) is 8.11. The van der Waals surface area contributed by atoms with E-state index in [1.165, 1.54) is 6.07 Å². The van der Waals surface area contributed by atoms with Crippen LogP contribution in [0.3, 0.4) is 0 Å². The molecule has 0 radical (unpaired) electrons. The van der Waals surface area contributed by atoms with E-state index in [1.807, 2.05) is 0 Å². The summed E-state index contributed by atoms with van der Waals surface area (Å²) in [5.74, 6) is -0.640. The van der Waals surface area contributed by atoms with Gasteiger partial charge in [0.25, 0.3) is 0 Å². The van der Waals surface area contributed by atoms with Crippen molar-refractivity contribution >= 4 is 21.9 Å². The van der Waals surface area contributed by atoms with E-state index < -0.39 is 5.97 Å². The quantitative estimate of drug-likeness (QED) is 0.943. The smallest absolute Gasteiger partial charge is 0.374 e. The molecule has 1 aromatic heterocycles. The Kier molecular flexibility index (Phi) is 3.14. The molecule has 0 atom stereocenters. The van der Waals surface area contributed by atoms with Gasteiger partial charge in [0.1, 0.15) is 11.4 Å². The number of carboxylic acids is 1. The predicted molar refractivity (Wildman–Crippen MR) is 63.2 cm³/mol. The van der Waals surface area contributed by atoms with Crippen LogP contribution in [0.4, 0.5) is 0 Å². The number of hydrogen-bond acceptors (Lipinski definition) is 4. The molecule has 6 heteroatoms. The van der Waals surface area contributed by atoms with E-state index in [9.17, 15) is 4.79 Å². The molecule has 2 rings (SSSR count). The van der Waals surface area contributed by atoms with E-state index >= 15 is 0 Å². The molecular formula is C11H8BrNO4. The molecule has 0 unspecified atom stereocenters. The molecule has 0 fully saturated rings. The highest BCUT2D eigenvalue weighted by molar-refractivity contribution is 9.10. The van der Waals surface area contributed by atoms with E-state index in [1.54, 1.807) is 25.3 Å². The number of methoxy groups -OCH3 is 1. The molecule has 0 bridgehead atoms. The molecule has 1 aromatic carbocycles. The summed E-state index contributed by atoms with van der Waals surface area (Å²) in [6.45, 7) is 0. The number of benzene rings is 1. The van der Waals surface area contributed by atoms with Crippen LogP contribution < -0.4 is 4.74 Å². The summed E-state index contributed by atoms with van der Waals surface area (Å²) < 4.78 is 10.5. The van der Waals surface area contributed by atoms with Crippen molar-refractivity contribution in [1.82, 2.24) is 5.16 Å². The van der Waals surface area contributed by atoms with Crippen molar-refractivity contribution in [3.8, 4) is 17.0 Å². The zero-order valence-electron chi connectivity index (χ0n) is 8.81. The Bertz CT molecular complexity index is 564. The predicted octanol–water partition coefficient (Wildman–Crippen LogP) is 2.81. The number of aromatic nitrogens is 1. The number of hydrogen-bond donors (Lipinski definition) is 1. The highest BCUT2D eigenvalue weighted by atomic mass is 79.9. The van der Waals surface area contributed by atoms with E-state index in [0.717, 1.165) is 10.0 Å². The van der Waals surface area contributed by atoms with Gasteiger partial charge >= 0.3 is 5.97 Å². The average molecular weight is 298 g/mol. The normalized spacial score (nSPS) is 10.2. The number of halogens is 1. The van der Waals surface area contributed by atoms with Crippen molar-refractivity contribution in [2.45, 2.75) is 0 Å². The second-order valence-electron chi connectivity index (χ2n) is 3.23. The lowest BCUT2D eigenvalue weighted by molar-refractivity contribution is 0.0652. The van der Waals surface area contributed by atoms with Gasteiger partial charge in [-0.2, -0.15) is 0 Å². The Morgan fingerprint density at radius 2 is 2.24 bits per heavy atom. The standard InChI is InChI=1S/C11H8BrNO4/c1-16-6-2-3-7(8(12)4-6)9-5-10(11(14)15)17-13-9/h2-5H,1H3,(H,14,15).